The topological polar surface area (TPSA) is 21.3 Å². The van der Waals surface area contributed by atoms with Gasteiger partial charge in [0.2, 0.25) is 0 Å². The van der Waals surface area contributed by atoms with Crippen molar-refractivity contribution in [1.29, 1.82) is 0 Å². The van der Waals surface area contributed by atoms with E-state index in [0.29, 0.717) is 0 Å². The molecule has 0 unspecified atom stereocenters. The molecule has 0 spiro atoms. The number of benzene rings is 2. The highest BCUT2D eigenvalue weighted by Crippen LogP contribution is 2.21. The van der Waals surface area contributed by atoms with Gasteiger partial charge < -0.3 is 10.1 Å². The zero-order chi connectivity index (χ0) is 12.6. The van der Waals surface area contributed by atoms with E-state index in [1.54, 1.807) is 7.11 Å². The lowest BCUT2D eigenvalue weighted by molar-refractivity contribution is 0.197. The van der Waals surface area contributed by atoms with Crippen molar-refractivity contribution < 1.29 is 4.74 Å². The maximum atomic E-state index is 5.10. The average molecular weight is 241 g/mol. The molecule has 0 fully saturated rings. The number of hydrogen-bond acceptors (Lipinski definition) is 2. The van der Waals surface area contributed by atoms with Gasteiger partial charge in [0.05, 0.1) is 12.6 Å². The second-order valence-corrected chi connectivity index (χ2v) is 4.20. The van der Waals surface area contributed by atoms with E-state index in [2.05, 4.69) is 53.8 Å². The molecule has 0 atom stereocenters. The third-order valence-corrected chi connectivity index (χ3v) is 2.92. The number of methoxy groups -OCH3 is 1. The van der Waals surface area contributed by atoms with Crippen molar-refractivity contribution in [2.24, 2.45) is 0 Å². The van der Waals surface area contributed by atoms with Crippen molar-refractivity contribution in [3.05, 3.63) is 71.8 Å². The summed E-state index contributed by atoms with van der Waals surface area (Å²) in [7, 11) is 1.72. The summed E-state index contributed by atoms with van der Waals surface area (Å²) >= 11 is 0. The molecule has 18 heavy (non-hydrogen) atoms. The van der Waals surface area contributed by atoms with E-state index in [1.807, 2.05) is 12.1 Å². The van der Waals surface area contributed by atoms with Gasteiger partial charge in [-0.15, -0.1) is 0 Å². The van der Waals surface area contributed by atoms with Crippen LogP contribution in [0.25, 0.3) is 0 Å². The van der Waals surface area contributed by atoms with Crippen molar-refractivity contribution in [1.82, 2.24) is 5.32 Å². The molecule has 0 saturated heterocycles. The third kappa shape index (κ3) is 3.42. The SMILES string of the molecule is COCCNC(c1ccccc1)c1ccccc1. The molecule has 0 aromatic heterocycles. The van der Waals surface area contributed by atoms with Gasteiger partial charge >= 0.3 is 0 Å². The quantitative estimate of drug-likeness (QED) is 0.785. The van der Waals surface area contributed by atoms with Gasteiger partial charge in [0.25, 0.3) is 0 Å². The van der Waals surface area contributed by atoms with Crippen molar-refractivity contribution in [3.8, 4) is 0 Å². The average Bonchev–Trinajstić information content (AvgIpc) is 2.46. The van der Waals surface area contributed by atoms with Crippen molar-refractivity contribution in [2.75, 3.05) is 20.3 Å². The Balaban J connectivity index is 2.18. The molecule has 2 rings (SSSR count). The van der Waals surface area contributed by atoms with Gasteiger partial charge in [-0.3, -0.25) is 0 Å². The Morgan fingerprint density at radius 1 is 0.889 bits per heavy atom. The lowest BCUT2D eigenvalue weighted by atomic mass is 9.99. The van der Waals surface area contributed by atoms with Crippen LogP contribution in [0.15, 0.2) is 60.7 Å². The Hall–Kier alpha value is -1.64. The highest BCUT2D eigenvalue weighted by atomic mass is 16.5. The molecule has 0 saturated carbocycles. The minimum atomic E-state index is 0.225. The summed E-state index contributed by atoms with van der Waals surface area (Å²) in [6.45, 7) is 1.56. The molecule has 2 nitrogen and oxygen atoms in total. The van der Waals surface area contributed by atoms with E-state index in [9.17, 15) is 0 Å². The summed E-state index contributed by atoms with van der Waals surface area (Å²) in [6, 6.07) is 21.2. The highest BCUT2D eigenvalue weighted by Gasteiger charge is 2.12. The van der Waals surface area contributed by atoms with Crippen molar-refractivity contribution in [2.45, 2.75) is 6.04 Å². The molecular formula is C16H19NO. The van der Waals surface area contributed by atoms with E-state index < -0.39 is 0 Å². The summed E-state index contributed by atoms with van der Waals surface area (Å²) in [5.74, 6) is 0. The minimum absolute atomic E-state index is 0.225. The molecule has 0 aliphatic heterocycles. The molecule has 94 valence electrons. The van der Waals surface area contributed by atoms with Crippen LogP contribution < -0.4 is 5.32 Å². The van der Waals surface area contributed by atoms with E-state index in [0.717, 1.165) is 13.2 Å². The predicted octanol–water partition coefficient (Wildman–Crippen LogP) is 3.01. The van der Waals surface area contributed by atoms with Crippen LogP contribution in [-0.4, -0.2) is 20.3 Å². The molecule has 2 aromatic rings. The van der Waals surface area contributed by atoms with Gasteiger partial charge in [-0.05, 0) is 11.1 Å². The molecule has 2 aromatic carbocycles. The zero-order valence-corrected chi connectivity index (χ0v) is 10.7. The summed E-state index contributed by atoms with van der Waals surface area (Å²) in [5.41, 5.74) is 2.56. The Kier molecular flexibility index (Phi) is 4.94. The first-order valence-electron chi connectivity index (χ1n) is 6.24. The van der Waals surface area contributed by atoms with Crippen LogP contribution in [0.3, 0.4) is 0 Å². The molecule has 1 N–H and O–H groups in total. The van der Waals surface area contributed by atoms with Gasteiger partial charge in [-0.2, -0.15) is 0 Å². The maximum absolute atomic E-state index is 5.10. The van der Waals surface area contributed by atoms with Gasteiger partial charge in [0.1, 0.15) is 0 Å². The summed E-state index contributed by atoms with van der Waals surface area (Å²) in [6.07, 6.45) is 0. The van der Waals surface area contributed by atoms with Crippen LogP contribution in [-0.2, 0) is 4.74 Å². The number of hydrogen-bond donors (Lipinski definition) is 1. The summed E-state index contributed by atoms with van der Waals surface area (Å²) < 4.78 is 5.10. The second-order valence-electron chi connectivity index (χ2n) is 4.20. The first-order chi connectivity index (χ1) is 8.92. The second kappa shape index (κ2) is 6.94. The largest absolute Gasteiger partial charge is 0.383 e. The van der Waals surface area contributed by atoms with Gasteiger partial charge in [0, 0.05) is 13.7 Å². The standard InChI is InChI=1S/C16H19NO/c1-18-13-12-17-16(14-8-4-2-5-9-14)15-10-6-3-7-11-15/h2-11,16-17H,12-13H2,1H3. The van der Waals surface area contributed by atoms with Crippen LogP contribution in [0.5, 0.6) is 0 Å². The molecule has 2 heteroatoms. The first kappa shape index (κ1) is 12.8. The number of ether oxygens (including phenoxy) is 1. The molecule has 0 aliphatic carbocycles. The summed E-state index contributed by atoms with van der Waals surface area (Å²) in [4.78, 5) is 0. The van der Waals surface area contributed by atoms with Crippen LogP contribution in [0.1, 0.15) is 17.2 Å². The Morgan fingerprint density at radius 2 is 1.39 bits per heavy atom. The highest BCUT2D eigenvalue weighted by molar-refractivity contribution is 5.31. The fraction of sp³-hybridized carbons (Fsp3) is 0.250. The Labute approximate surface area is 109 Å². The molecule has 0 amide bonds. The van der Waals surface area contributed by atoms with Crippen LogP contribution in [0.2, 0.25) is 0 Å². The molecule has 0 bridgehead atoms. The van der Waals surface area contributed by atoms with Crippen LogP contribution in [0.4, 0.5) is 0 Å². The molecular weight excluding hydrogens is 222 g/mol. The van der Waals surface area contributed by atoms with Gasteiger partial charge in [-0.1, -0.05) is 60.7 Å². The summed E-state index contributed by atoms with van der Waals surface area (Å²) in [5, 5.41) is 3.53. The Morgan fingerprint density at radius 3 is 1.83 bits per heavy atom. The maximum Gasteiger partial charge on any atom is 0.0587 e. The monoisotopic (exact) mass is 241 g/mol. The minimum Gasteiger partial charge on any atom is -0.383 e. The Bertz CT molecular complexity index is 402. The van der Waals surface area contributed by atoms with Crippen LogP contribution in [0, 0.1) is 0 Å². The number of nitrogens with one attached hydrogen (secondary N) is 1. The molecule has 0 aliphatic rings. The zero-order valence-electron chi connectivity index (χ0n) is 10.7. The third-order valence-electron chi connectivity index (χ3n) is 2.92. The van der Waals surface area contributed by atoms with Crippen LogP contribution >= 0.6 is 0 Å². The van der Waals surface area contributed by atoms with E-state index in [-0.39, 0.29) is 6.04 Å². The predicted molar refractivity (Wildman–Crippen MR) is 74.6 cm³/mol. The van der Waals surface area contributed by atoms with Crippen molar-refractivity contribution >= 4 is 0 Å². The number of rotatable bonds is 6. The fourth-order valence-corrected chi connectivity index (χ4v) is 2.02. The van der Waals surface area contributed by atoms with E-state index in [4.69, 9.17) is 4.74 Å². The first-order valence-corrected chi connectivity index (χ1v) is 6.24. The lowest BCUT2D eigenvalue weighted by Crippen LogP contribution is -2.25. The lowest BCUT2D eigenvalue weighted by Gasteiger charge is -2.19. The molecule has 0 heterocycles. The normalized spacial score (nSPS) is 10.8. The van der Waals surface area contributed by atoms with E-state index >= 15 is 0 Å². The smallest absolute Gasteiger partial charge is 0.0587 e. The fourth-order valence-electron chi connectivity index (χ4n) is 2.02. The van der Waals surface area contributed by atoms with Gasteiger partial charge in [-0.25, -0.2) is 0 Å². The van der Waals surface area contributed by atoms with Gasteiger partial charge in [0.15, 0.2) is 0 Å². The van der Waals surface area contributed by atoms with Crippen molar-refractivity contribution in [3.63, 3.8) is 0 Å². The molecule has 0 radical (unpaired) electrons. The van der Waals surface area contributed by atoms with E-state index in [1.165, 1.54) is 11.1 Å².